The molecule has 10 heteroatoms. The first-order chi connectivity index (χ1) is 16.8. The highest BCUT2D eigenvalue weighted by Crippen LogP contribution is 2.35. The smallest absolute Gasteiger partial charge is 0.330 e. The van der Waals surface area contributed by atoms with E-state index in [0.29, 0.717) is 53.0 Å². The molecule has 190 valence electrons. The van der Waals surface area contributed by atoms with E-state index >= 15 is 0 Å². The third-order valence-corrected chi connectivity index (χ3v) is 6.06. The minimum Gasteiger partial charge on any atom is -0.496 e. The summed E-state index contributed by atoms with van der Waals surface area (Å²) in [5.74, 6) is 1.23. The van der Waals surface area contributed by atoms with E-state index in [-0.39, 0.29) is 5.75 Å². The Morgan fingerprint density at radius 1 is 0.943 bits per heavy atom. The summed E-state index contributed by atoms with van der Waals surface area (Å²) in [5.41, 5.74) is 1.63. The summed E-state index contributed by atoms with van der Waals surface area (Å²) in [6.07, 6.45) is 4.37. The van der Waals surface area contributed by atoms with Gasteiger partial charge in [-0.15, -0.1) is 0 Å². The lowest BCUT2D eigenvalue weighted by Crippen LogP contribution is -2.05. The zero-order valence-electron chi connectivity index (χ0n) is 20.5. The van der Waals surface area contributed by atoms with E-state index in [9.17, 15) is 13.2 Å². The van der Waals surface area contributed by atoms with E-state index in [0.717, 1.165) is 5.41 Å². The number of hydrogen-bond donors (Lipinski definition) is 1. The Morgan fingerprint density at radius 3 is 2.17 bits per heavy atom. The van der Waals surface area contributed by atoms with Gasteiger partial charge >= 0.3 is 5.97 Å². The first kappa shape index (κ1) is 27.6. The molecule has 0 aliphatic rings. The van der Waals surface area contributed by atoms with Crippen molar-refractivity contribution in [2.45, 2.75) is 12.7 Å². The van der Waals surface area contributed by atoms with Gasteiger partial charge in [0.05, 0.1) is 52.0 Å². The number of ether oxygens (including phenoxy) is 5. The molecule has 0 unspecified atom stereocenters. The van der Waals surface area contributed by atoms with Crippen molar-refractivity contribution in [1.82, 2.24) is 0 Å². The SMILES string of the molecule is CCOC(=O)/C=C/CNc1cc(CS(=O)(=O)/C=C/c2c(OC)cc(OC)cc2OC)ccc1OC. The van der Waals surface area contributed by atoms with Gasteiger partial charge in [-0.05, 0) is 30.7 Å². The molecular formula is C25H31NO8S. The van der Waals surface area contributed by atoms with Crippen LogP contribution < -0.4 is 24.3 Å². The van der Waals surface area contributed by atoms with Crippen LogP contribution in [0.5, 0.6) is 23.0 Å². The summed E-state index contributed by atoms with van der Waals surface area (Å²) in [6, 6.07) is 8.34. The number of methoxy groups -OCH3 is 4. The number of benzene rings is 2. The Hall–Kier alpha value is -3.66. The highest BCUT2D eigenvalue weighted by atomic mass is 32.2. The molecule has 35 heavy (non-hydrogen) atoms. The van der Waals surface area contributed by atoms with Crippen LogP contribution in [0.25, 0.3) is 6.08 Å². The molecule has 0 aliphatic carbocycles. The second-order valence-corrected chi connectivity index (χ2v) is 9.01. The van der Waals surface area contributed by atoms with Gasteiger partial charge in [-0.25, -0.2) is 13.2 Å². The first-order valence-electron chi connectivity index (χ1n) is 10.7. The van der Waals surface area contributed by atoms with Gasteiger partial charge in [0.15, 0.2) is 9.84 Å². The average Bonchev–Trinajstić information content (AvgIpc) is 2.84. The highest BCUT2D eigenvalue weighted by molar-refractivity contribution is 7.93. The van der Waals surface area contributed by atoms with Crippen LogP contribution in [0.2, 0.25) is 0 Å². The van der Waals surface area contributed by atoms with Gasteiger partial charge in [-0.3, -0.25) is 0 Å². The van der Waals surface area contributed by atoms with E-state index in [1.165, 1.54) is 40.6 Å². The summed E-state index contributed by atoms with van der Waals surface area (Å²) in [6.45, 7) is 2.35. The summed E-state index contributed by atoms with van der Waals surface area (Å²) in [4.78, 5) is 11.4. The van der Waals surface area contributed by atoms with Crippen LogP contribution in [0.3, 0.4) is 0 Å². The van der Waals surface area contributed by atoms with Crippen LogP contribution in [0.1, 0.15) is 18.1 Å². The first-order valence-corrected chi connectivity index (χ1v) is 12.4. The molecule has 0 heterocycles. The molecule has 0 saturated carbocycles. The average molecular weight is 506 g/mol. The van der Waals surface area contributed by atoms with Crippen molar-refractivity contribution in [3.63, 3.8) is 0 Å². The summed E-state index contributed by atoms with van der Waals surface area (Å²) < 4.78 is 51.8. The fourth-order valence-electron chi connectivity index (χ4n) is 3.15. The minimum absolute atomic E-state index is 0.234. The van der Waals surface area contributed by atoms with Crippen LogP contribution in [0, 0.1) is 0 Å². The van der Waals surface area contributed by atoms with Crippen LogP contribution in [0.4, 0.5) is 5.69 Å². The molecule has 0 fully saturated rings. The van der Waals surface area contributed by atoms with Crippen LogP contribution in [-0.2, 0) is 25.1 Å². The zero-order chi connectivity index (χ0) is 25.8. The van der Waals surface area contributed by atoms with Crippen molar-refractivity contribution in [1.29, 1.82) is 0 Å². The van der Waals surface area contributed by atoms with Gasteiger partial charge in [-0.2, -0.15) is 0 Å². The predicted octanol–water partition coefficient (Wildman–Crippen LogP) is 3.84. The molecule has 2 aromatic carbocycles. The van der Waals surface area contributed by atoms with Crippen molar-refractivity contribution in [2.24, 2.45) is 0 Å². The molecule has 0 aliphatic heterocycles. The Balaban J connectivity index is 2.21. The molecule has 0 radical (unpaired) electrons. The van der Waals surface area contributed by atoms with Crippen molar-refractivity contribution in [3.05, 3.63) is 59.0 Å². The van der Waals surface area contributed by atoms with E-state index in [1.54, 1.807) is 43.3 Å². The summed E-state index contributed by atoms with van der Waals surface area (Å²) in [7, 11) is 2.35. The number of carbonyl (C=O) groups excluding carboxylic acids is 1. The fourth-order valence-corrected chi connectivity index (χ4v) is 4.23. The van der Waals surface area contributed by atoms with Crippen molar-refractivity contribution in [3.8, 4) is 23.0 Å². The standard InChI is InChI=1S/C25H31NO8S/c1-6-34-25(27)8-7-12-26-21-14-18(9-10-22(21)31-3)17-35(28,29)13-11-20-23(32-4)15-19(30-2)16-24(20)33-5/h7-11,13-16,26H,6,12,17H2,1-5H3/b8-7+,13-11+. The Kier molecular flexibility index (Phi) is 10.5. The van der Waals surface area contributed by atoms with E-state index < -0.39 is 15.8 Å². The molecule has 2 rings (SSSR count). The van der Waals surface area contributed by atoms with Crippen molar-refractivity contribution in [2.75, 3.05) is 46.9 Å². The maximum Gasteiger partial charge on any atom is 0.330 e. The molecule has 0 atom stereocenters. The molecule has 0 spiro atoms. The van der Waals surface area contributed by atoms with Gasteiger partial charge in [0.1, 0.15) is 23.0 Å². The van der Waals surface area contributed by atoms with Crippen molar-refractivity contribution >= 4 is 27.6 Å². The maximum atomic E-state index is 12.9. The number of nitrogens with one attached hydrogen (secondary N) is 1. The number of anilines is 1. The molecule has 0 saturated heterocycles. The number of carbonyl (C=O) groups is 1. The molecule has 9 nitrogen and oxygen atoms in total. The lowest BCUT2D eigenvalue weighted by molar-refractivity contribution is -0.137. The third kappa shape index (κ3) is 8.25. The largest absolute Gasteiger partial charge is 0.496 e. The minimum atomic E-state index is -3.64. The Labute approximate surface area is 206 Å². The maximum absolute atomic E-state index is 12.9. The number of rotatable bonds is 13. The molecule has 0 amide bonds. The fraction of sp³-hybridized carbons (Fsp3) is 0.320. The van der Waals surface area contributed by atoms with Gasteiger partial charge in [0.2, 0.25) is 0 Å². The van der Waals surface area contributed by atoms with E-state index in [1.807, 2.05) is 0 Å². The second-order valence-electron chi connectivity index (χ2n) is 7.13. The van der Waals surface area contributed by atoms with Gasteiger partial charge in [0.25, 0.3) is 0 Å². The molecule has 0 aromatic heterocycles. The predicted molar refractivity (Wildman–Crippen MR) is 135 cm³/mol. The Bertz CT molecular complexity index is 1150. The highest BCUT2D eigenvalue weighted by Gasteiger charge is 2.14. The summed E-state index contributed by atoms with van der Waals surface area (Å²) >= 11 is 0. The number of hydrogen-bond acceptors (Lipinski definition) is 9. The lowest BCUT2D eigenvalue weighted by atomic mass is 10.1. The monoisotopic (exact) mass is 505 g/mol. The third-order valence-electron chi connectivity index (χ3n) is 4.78. The van der Waals surface area contributed by atoms with Crippen LogP contribution >= 0.6 is 0 Å². The molecule has 2 aromatic rings. The second kappa shape index (κ2) is 13.3. The van der Waals surface area contributed by atoms with Crippen LogP contribution in [0.15, 0.2) is 47.9 Å². The molecule has 1 N–H and O–H groups in total. The topological polar surface area (TPSA) is 109 Å². The normalized spacial score (nSPS) is 11.5. The van der Waals surface area contributed by atoms with E-state index in [4.69, 9.17) is 23.7 Å². The van der Waals surface area contributed by atoms with Gasteiger partial charge < -0.3 is 29.0 Å². The van der Waals surface area contributed by atoms with E-state index in [2.05, 4.69) is 5.32 Å². The molecular weight excluding hydrogens is 474 g/mol. The zero-order valence-corrected chi connectivity index (χ0v) is 21.3. The number of esters is 1. The Morgan fingerprint density at radius 2 is 1.60 bits per heavy atom. The quantitative estimate of drug-likeness (QED) is 0.321. The van der Waals surface area contributed by atoms with Crippen LogP contribution in [-0.4, -0.2) is 56.0 Å². The van der Waals surface area contributed by atoms with Crippen molar-refractivity contribution < 1.29 is 36.9 Å². The van der Waals surface area contributed by atoms with Gasteiger partial charge in [0, 0.05) is 30.2 Å². The lowest BCUT2D eigenvalue weighted by Gasteiger charge is -2.13. The van der Waals surface area contributed by atoms with Gasteiger partial charge in [-0.1, -0.05) is 12.1 Å². The summed E-state index contributed by atoms with van der Waals surface area (Å²) in [5, 5.41) is 4.23. The molecule has 0 bridgehead atoms. The number of sulfone groups is 1.